The fourth-order valence-electron chi connectivity index (χ4n) is 2.17. The molecule has 0 saturated heterocycles. The largest absolute Gasteiger partial charge is 0.381 e. The summed E-state index contributed by atoms with van der Waals surface area (Å²) < 4.78 is 1.15. The van der Waals surface area contributed by atoms with Crippen LogP contribution in [0.2, 0.25) is 0 Å². The molecule has 0 radical (unpaired) electrons. The van der Waals surface area contributed by atoms with E-state index in [4.69, 9.17) is 0 Å². The van der Waals surface area contributed by atoms with Crippen molar-refractivity contribution in [2.45, 2.75) is 13.0 Å². The van der Waals surface area contributed by atoms with Crippen molar-refractivity contribution in [3.63, 3.8) is 0 Å². The van der Waals surface area contributed by atoms with Crippen molar-refractivity contribution in [3.05, 3.63) is 63.6 Å². The third kappa shape index (κ3) is 1.74. The number of para-hydroxylation sites is 1. The molecule has 0 atom stereocenters. The Morgan fingerprint density at radius 1 is 0.938 bits per heavy atom. The van der Waals surface area contributed by atoms with E-state index in [2.05, 4.69) is 63.7 Å². The van der Waals surface area contributed by atoms with Crippen molar-refractivity contribution in [1.82, 2.24) is 0 Å². The van der Waals surface area contributed by atoms with Crippen molar-refractivity contribution >= 4 is 21.6 Å². The Kier molecular flexibility index (Phi) is 2.44. The SMILES string of the molecule is Brc1ccc2c(c1)CNc1ccccc1C2. The highest BCUT2D eigenvalue weighted by molar-refractivity contribution is 9.10. The molecule has 1 N–H and O–H groups in total. The van der Waals surface area contributed by atoms with Gasteiger partial charge in [0.25, 0.3) is 0 Å². The van der Waals surface area contributed by atoms with Crippen LogP contribution < -0.4 is 5.32 Å². The molecule has 0 bridgehead atoms. The standard InChI is InChI=1S/C14H12BrN/c15-13-6-5-10-7-11-3-1-2-4-14(11)16-9-12(10)8-13/h1-6,8,16H,7,9H2. The maximum atomic E-state index is 3.52. The Bertz CT molecular complexity index is 534. The van der Waals surface area contributed by atoms with E-state index in [1.54, 1.807) is 0 Å². The van der Waals surface area contributed by atoms with Gasteiger partial charge in [-0.25, -0.2) is 0 Å². The minimum Gasteiger partial charge on any atom is -0.381 e. The molecule has 0 fully saturated rings. The summed E-state index contributed by atoms with van der Waals surface area (Å²) in [6.45, 7) is 0.909. The second kappa shape index (κ2) is 3.95. The van der Waals surface area contributed by atoms with Gasteiger partial charge in [0, 0.05) is 16.7 Å². The average Bonchev–Trinajstić information content (AvgIpc) is 2.48. The molecule has 0 aromatic heterocycles. The monoisotopic (exact) mass is 273 g/mol. The molecule has 1 aliphatic heterocycles. The van der Waals surface area contributed by atoms with E-state index >= 15 is 0 Å². The zero-order chi connectivity index (χ0) is 11.0. The van der Waals surface area contributed by atoms with Gasteiger partial charge in [-0.1, -0.05) is 40.2 Å². The first-order valence-electron chi connectivity index (χ1n) is 5.42. The Labute approximate surface area is 104 Å². The van der Waals surface area contributed by atoms with E-state index in [0.29, 0.717) is 0 Å². The minimum absolute atomic E-state index is 0.909. The van der Waals surface area contributed by atoms with Crippen LogP contribution in [-0.2, 0) is 13.0 Å². The van der Waals surface area contributed by atoms with Gasteiger partial charge in [0.1, 0.15) is 0 Å². The molecule has 0 amide bonds. The molecule has 3 rings (SSSR count). The number of hydrogen-bond acceptors (Lipinski definition) is 1. The fraction of sp³-hybridized carbons (Fsp3) is 0.143. The molecule has 2 aromatic carbocycles. The van der Waals surface area contributed by atoms with Crippen LogP contribution in [0.1, 0.15) is 16.7 Å². The van der Waals surface area contributed by atoms with Crippen LogP contribution in [0.4, 0.5) is 5.69 Å². The van der Waals surface area contributed by atoms with Gasteiger partial charge in [-0.2, -0.15) is 0 Å². The van der Waals surface area contributed by atoms with Gasteiger partial charge in [-0.3, -0.25) is 0 Å². The summed E-state index contributed by atoms with van der Waals surface area (Å²) in [5.74, 6) is 0. The number of nitrogens with one attached hydrogen (secondary N) is 1. The predicted octanol–water partition coefficient (Wildman–Crippen LogP) is 3.97. The zero-order valence-electron chi connectivity index (χ0n) is 8.83. The zero-order valence-corrected chi connectivity index (χ0v) is 10.4. The van der Waals surface area contributed by atoms with E-state index in [1.807, 2.05) is 0 Å². The first-order valence-corrected chi connectivity index (χ1v) is 6.21. The van der Waals surface area contributed by atoms with Crippen molar-refractivity contribution in [1.29, 1.82) is 0 Å². The lowest BCUT2D eigenvalue weighted by Gasteiger charge is -2.05. The molecule has 0 saturated carbocycles. The topological polar surface area (TPSA) is 12.0 Å². The molecule has 2 heteroatoms. The number of fused-ring (bicyclic) bond motifs is 2. The third-order valence-corrected chi connectivity index (χ3v) is 3.53. The highest BCUT2D eigenvalue weighted by atomic mass is 79.9. The van der Waals surface area contributed by atoms with Crippen LogP contribution in [-0.4, -0.2) is 0 Å². The van der Waals surface area contributed by atoms with Crippen molar-refractivity contribution < 1.29 is 0 Å². The summed E-state index contributed by atoms with van der Waals surface area (Å²) in [7, 11) is 0. The summed E-state index contributed by atoms with van der Waals surface area (Å²) in [4.78, 5) is 0. The van der Waals surface area contributed by atoms with E-state index in [0.717, 1.165) is 17.4 Å². The van der Waals surface area contributed by atoms with Crippen LogP contribution in [0.3, 0.4) is 0 Å². The molecule has 1 nitrogen and oxygen atoms in total. The van der Waals surface area contributed by atoms with Gasteiger partial charge < -0.3 is 5.32 Å². The first kappa shape index (κ1) is 9.91. The molecule has 80 valence electrons. The number of anilines is 1. The predicted molar refractivity (Wildman–Crippen MR) is 70.7 cm³/mol. The minimum atomic E-state index is 0.909. The van der Waals surface area contributed by atoms with E-state index in [-0.39, 0.29) is 0 Å². The third-order valence-electron chi connectivity index (χ3n) is 3.04. The molecule has 0 spiro atoms. The van der Waals surface area contributed by atoms with Crippen LogP contribution in [0, 0.1) is 0 Å². The number of rotatable bonds is 0. The summed E-state index contributed by atoms with van der Waals surface area (Å²) in [5.41, 5.74) is 5.43. The van der Waals surface area contributed by atoms with Crippen LogP contribution in [0.5, 0.6) is 0 Å². The molecular weight excluding hydrogens is 262 g/mol. The quantitative estimate of drug-likeness (QED) is 0.766. The number of hydrogen-bond donors (Lipinski definition) is 1. The Balaban J connectivity index is 2.08. The Morgan fingerprint density at radius 2 is 1.81 bits per heavy atom. The Morgan fingerprint density at radius 3 is 2.75 bits per heavy atom. The van der Waals surface area contributed by atoms with Gasteiger partial charge in [-0.05, 0) is 41.3 Å². The Hall–Kier alpha value is -1.28. The summed E-state index contributed by atoms with van der Waals surface area (Å²) in [6.07, 6.45) is 1.02. The summed E-state index contributed by atoms with van der Waals surface area (Å²) in [6, 6.07) is 15.1. The molecule has 1 heterocycles. The molecule has 0 aliphatic carbocycles. The van der Waals surface area contributed by atoms with Crippen LogP contribution in [0.25, 0.3) is 0 Å². The molecule has 0 unspecified atom stereocenters. The van der Waals surface area contributed by atoms with E-state index in [9.17, 15) is 0 Å². The van der Waals surface area contributed by atoms with E-state index in [1.165, 1.54) is 22.4 Å². The van der Waals surface area contributed by atoms with Gasteiger partial charge in [-0.15, -0.1) is 0 Å². The van der Waals surface area contributed by atoms with Gasteiger partial charge in [0.2, 0.25) is 0 Å². The first-order chi connectivity index (χ1) is 7.83. The normalized spacial score (nSPS) is 13.3. The van der Waals surface area contributed by atoms with Crippen LogP contribution >= 0.6 is 15.9 Å². The number of benzene rings is 2. The van der Waals surface area contributed by atoms with Crippen molar-refractivity contribution in [2.75, 3.05) is 5.32 Å². The van der Waals surface area contributed by atoms with Crippen molar-refractivity contribution in [2.24, 2.45) is 0 Å². The lowest BCUT2D eigenvalue weighted by atomic mass is 10.0. The maximum absolute atomic E-state index is 3.52. The second-order valence-electron chi connectivity index (χ2n) is 4.10. The average molecular weight is 274 g/mol. The molecule has 2 aromatic rings. The molecular formula is C14H12BrN. The molecule has 1 aliphatic rings. The highest BCUT2D eigenvalue weighted by Crippen LogP contribution is 2.27. The number of halogens is 1. The summed E-state index contributed by atoms with van der Waals surface area (Å²) in [5, 5.41) is 3.49. The van der Waals surface area contributed by atoms with Gasteiger partial charge >= 0.3 is 0 Å². The summed E-state index contributed by atoms with van der Waals surface area (Å²) >= 11 is 3.52. The fourth-order valence-corrected chi connectivity index (χ4v) is 2.58. The van der Waals surface area contributed by atoms with Crippen molar-refractivity contribution in [3.8, 4) is 0 Å². The smallest absolute Gasteiger partial charge is 0.0404 e. The second-order valence-corrected chi connectivity index (χ2v) is 5.02. The maximum Gasteiger partial charge on any atom is 0.0404 e. The lowest BCUT2D eigenvalue weighted by Crippen LogP contribution is -1.98. The van der Waals surface area contributed by atoms with Gasteiger partial charge in [0.15, 0.2) is 0 Å². The highest BCUT2D eigenvalue weighted by Gasteiger charge is 2.11. The lowest BCUT2D eigenvalue weighted by molar-refractivity contribution is 1.12. The van der Waals surface area contributed by atoms with Crippen LogP contribution in [0.15, 0.2) is 46.9 Å². The van der Waals surface area contributed by atoms with Gasteiger partial charge in [0.05, 0.1) is 0 Å². The van der Waals surface area contributed by atoms with E-state index < -0.39 is 0 Å². The molecule has 16 heavy (non-hydrogen) atoms.